The first-order valence-electron chi connectivity index (χ1n) is 5.95. The van der Waals surface area contributed by atoms with Gasteiger partial charge >= 0.3 is 6.01 Å². The molecule has 9 nitrogen and oxygen atoms in total. The Bertz CT molecular complexity index is 690. The van der Waals surface area contributed by atoms with Gasteiger partial charge in [-0.15, -0.1) is 5.10 Å². The van der Waals surface area contributed by atoms with E-state index < -0.39 is 11.5 Å². The third kappa shape index (κ3) is 2.66. The lowest BCUT2D eigenvalue weighted by Crippen LogP contribution is -2.26. The quantitative estimate of drug-likeness (QED) is 0.731. The molecule has 0 atom stereocenters. The van der Waals surface area contributed by atoms with Gasteiger partial charge in [-0.1, -0.05) is 0 Å². The molecule has 3 N–H and O–H groups in total. The molecule has 0 aromatic carbocycles. The van der Waals surface area contributed by atoms with Crippen LogP contribution < -0.4 is 15.6 Å². The number of rotatable bonds is 4. The Morgan fingerprint density at radius 3 is 2.75 bits per heavy atom. The third-order valence-corrected chi connectivity index (χ3v) is 2.67. The van der Waals surface area contributed by atoms with E-state index in [1.807, 2.05) is 0 Å². The van der Waals surface area contributed by atoms with Gasteiger partial charge in [0.05, 0.1) is 12.3 Å². The summed E-state index contributed by atoms with van der Waals surface area (Å²) in [7, 11) is 0. The fourth-order valence-corrected chi connectivity index (χ4v) is 1.56. The Morgan fingerprint density at radius 1 is 1.30 bits per heavy atom. The molecule has 0 aliphatic heterocycles. The summed E-state index contributed by atoms with van der Waals surface area (Å²) in [5, 5.41) is 14.7. The predicted molar refractivity (Wildman–Crippen MR) is 69.8 cm³/mol. The number of amides is 1. The normalized spacial score (nSPS) is 10.3. The highest BCUT2D eigenvalue weighted by Gasteiger charge is 2.17. The van der Waals surface area contributed by atoms with Gasteiger partial charge in [-0.3, -0.25) is 14.9 Å². The molecule has 2 aromatic heterocycles. The summed E-state index contributed by atoms with van der Waals surface area (Å²) in [6.07, 6.45) is 0. The highest BCUT2D eigenvalue weighted by molar-refractivity contribution is 6.04. The lowest BCUT2D eigenvalue weighted by atomic mass is 10.1. The zero-order chi connectivity index (χ0) is 14.7. The minimum atomic E-state index is -0.589. The van der Waals surface area contributed by atoms with E-state index in [9.17, 15) is 9.59 Å². The molecule has 0 aliphatic rings. The van der Waals surface area contributed by atoms with Crippen LogP contribution in [0.5, 0.6) is 6.01 Å². The molecule has 2 rings (SSSR count). The van der Waals surface area contributed by atoms with Crippen molar-refractivity contribution in [1.29, 1.82) is 0 Å². The molecule has 1 amide bonds. The Kier molecular flexibility index (Phi) is 3.78. The van der Waals surface area contributed by atoms with Gasteiger partial charge in [-0.25, -0.2) is 10.2 Å². The average Bonchev–Trinajstić information content (AvgIpc) is 2.82. The van der Waals surface area contributed by atoms with Gasteiger partial charge in [0.1, 0.15) is 5.56 Å². The highest BCUT2D eigenvalue weighted by Crippen LogP contribution is 2.09. The summed E-state index contributed by atoms with van der Waals surface area (Å²) in [4.78, 5) is 27.7. The topological polar surface area (TPSA) is 126 Å². The number of ether oxygens (including phenoxy) is 1. The Morgan fingerprint density at radius 2 is 2.05 bits per heavy atom. The van der Waals surface area contributed by atoms with Crippen LogP contribution in [-0.2, 0) is 0 Å². The number of aromatic amines is 2. The minimum absolute atomic E-state index is 0.00754. The van der Waals surface area contributed by atoms with E-state index in [4.69, 9.17) is 4.74 Å². The summed E-state index contributed by atoms with van der Waals surface area (Å²) in [6.45, 7) is 5.55. The smallest absolute Gasteiger partial charge is 0.337 e. The van der Waals surface area contributed by atoms with Gasteiger partial charge in [0, 0.05) is 0 Å². The number of hydrogen-bond donors (Lipinski definition) is 3. The first-order chi connectivity index (χ1) is 9.52. The van der Waals surface area contributed by atoms with E-state index in [1.54, 1.807) is 20.8 Å². The fourth-order valence-electron chi connectivity index (χ4n) is 1.56. The van der Waals surface area contributed by atoms with Crippen molar-refractivity contribution in [1.82, 2.24) is 25.4 Å². The molecular weight excluding hydrogens is 264 g/mol. The zero-order valence-corrected chi connectivity index (χ0v) is 11.3. The van der Waals surface area contributed by atoms with Crippen molar-refractivity contribution in [2.45, 2.75) is 20.8 Å². The van der Waals surface area contributed by atoms with Crippen molar-refractivity contribution in [3.63, 3.8) is 0 Å². The molecule has 20 heavy (non-hydrogen) atoms. The molecule has 9 heteroatoms. The van der Waals surface area contributed by atoms with E-state index in [-0.39, 0.29) is 17.5 Å². The van der Waals surface area contributed by atoms with Crippen LogP contribution in [0.25, 0.3) is 0 Å². The van der Waals surface area contributed by atoms with E-state index in [2.05, 4.69) is 30.7 Å². The lowest BCUT2D eigenvalue weighted by Gasteiger charge is -2.05. The maximum absolute atomic E-state index is 12.1. The highest BCUT2D eigenvalue weighted by atomic mass is 16.5. The SMILES string of the molecule is CCOc1n[nH]c(NC(=O)c2c(C)c(C)n[nH]c2=O)n1. The largest absolute Gasteiger partial charge is 0.463 e. The van der Waals surface area contributed by atoms with Gasteiger partial charge in [-0.05, 0) is 26.3 Å². The maximum Gasteiger partial charge on any atom is 0.337 e. The van der Waals surface area contributed by atoms with Crippen LogP contribution in [0.4, 0.5) is 5.95 Å². The number of H-pyrrole nitrogens is 2. The van der Waals surface area contributed by atoms with Crippen LogP contribution in [0, 0.1) is 13.8 Å². The van der Waals surface area contributed by atoms with Crippen LogP contribution in [0.2, 0.25) is 0 Å². The first kappa shape index (κ1) is 13.7. The van der Waals surface area contributed by atoms with Gasteiger partial charge < -0.3 is 4.74 Å². The predicted octanol–water partition coefficient (Wildman–Crippen LogP) is 0.156. The van der Waals surface area contributed by atoms with Crippen molar-refractivity contribution in [3.8, 4) is 6.01 Å². The molecule has 0 saturated heterocycles. The molecule has 0 bridgehead atoms. The number of nitrogens with zero attached hydrogens (tertiary/aromatic N) is 3. The molecule has 106 valence electrons. The molecule has 0 radical (unpaired) electrons. The van der Waals surface area contributed by atoms with Gasteiger partial charge in [-0.2, -0.15) is 10.1 Å². The summed E-state index contributed by atoms with van der Waals surface area (Å²) in [5.41, 5.74) is 0.514. The summed E-state index contributed by atoms with van der Waals surface area (Å²) >= 11 is 0. The molecule has 2 aromatic rings. The zero-order valence-electron chi connectivity index (χ0n) is 11.3. The van der Waals surface area contributed by atoms with Crippen molar-refractivity contribution < 1.29 is 9.53 Å². The molecule has 0 saturated carbocycles. The van der Waals surface area contributed by atoms with Crippen molar-refractivity contribution in [3.05, 3.63) is 27.2 Å². The monoisotopic (exact) mass is 278 g/mol. The van der Waals surface area contributed by atoms with E-state index >= 15 is 0 Å². The molecule has 2 heterocycles. The van der Waals surface area contributed by atoms with Crippen LogP contribution >= 0.6 is 0 Å². The second kappa shape index (κ2) is 5.51. The number of anilines is 1. The number of aromatic nitrogens is 5. The number of aryl methyl sites for hydroxylation is 1. The van der Waals surface area contributed by atoms with Crippen LogP contribution in [-0.4, -0.2) is 37.9 Å². The van der Waals surface area contributed by atoms with Gasteiger partial charge in [0.2, 0.25) is 5.95 Å². The second-order valence-electron chi connectivity index (χ2n) is 3.99. The second-order valence-corrected chi connectivity index (χ2v) is 3.99. The standard InChI is InChI=1S/C11H14N6O3/c1-4-20-11-13-10(16-17-11)12-8(18)7-5(2)6(3)14-15-9(7)19/h4H2,1-3H3,(H,15,19)(H2,12,13,16,17,18). The Labute approximate surface area is 113 Å². The van der Waals surface area contributed by atoms with Crippen LogP contribution in [0.1, 0.15) is 28.5 Å². The first-order valence-corrected chi connectivity index (χ1v) is 5.95. The molecule has 0 spiro atoms. The number of carbonyl (C=O) groups excluding carboxylic acids is 1. The summed E-state index contributed by atoms with van der Waals surface area (Å²) in [5.74, 6) is -0.486. The van der Waals surface area contributed by atoms with E-state index in [1.165, 1.54) is 0 Å². The number of nitrogens with one attached hydrogen (secondary N) is 3. The number of carbonyl (C=O) groups is 1. The van der Waals surface area contributed by atoms with Gasteiger partial charge in [0.25, 0.3) is 11.5 Å². The number of hydrogen-bond acceptors (Lipinski definition) is 6. The fraction of sp³-hybridized carbons (Fsp3) is 0.364. The Hall–Kier alpha value is -2.71. The van der Waals surface area contributed by atoms with E-state index in [0.29, 0.717) is 17.9 Å². The van der Waals surface area contributed by atoms with E-state index in [0.717, 1.165) is 0 Å². The molecule has 0 unspecified atom stereocenters. The van der Waals surface area contributed by atoms with Crippen molar-refractivity contribution >= 4 is 11.9 Å². The molecular formula is C11H14N6O3. The maximum atomic E-state index is 12.1. The van der Waals surface area contributed by atoms with Crippen molar-refractivity contribution in [2.75, 3.05) is 11.9 Å². The molecule has 0 aliphatic carbocycles. The average molecular weight is 278 g/mol. The lowest BCUT2D eigenvalue weighted by molar-refractivity contribution is 0.102. The Balaban J connectivity index is 2.24. The molecule has 0 fully saturated rings. The van der Waals surface area contributed by atoms with Gasteiger partial charge in [0.15, 0.2) is 0 Å². The third-order valence-electron chi connectivity index (χ3n) is 2.67. The van der Waals surface area contributed by atoms with Crippen LogP contribution in [0.3, 0.4) is 0 Å². The summed E-state index contributed by atoms with van der Waals surface area (Å²) in [6, 6.07) is 0.124. The van der Waals surface area contributed by atoms with Crippen LogP contribution in [0.15, 0.2) is 4.79 Å². The van der Waals surface area contributed by atoms with Crippen molar-refractivity contribution in [2.24, 2.45) is 0 Å². The summed E-state index contributed by atoms with van der Waals surface area (Å²) < 4.78 is 5.06. The minimum Gasteiger partial charge on any atom is -0.463 e.